The van der Waals surface area contributed by atoms with Crippen molar-refractivity contribution >= 4 is 5.91 Å². The Morgan fingerprint density at radius 2 is 1.84 bits per heavy atom. The van der Waals surface area contributed by atoms with Crippen molar-refractivity contribution in [3.05, 3.63) is 77.4 Å². The van der Waals surface area contributed by atoms with Gasteiger partial charge in [-0.25, -0.2) is 5.48 Å². The molecular formula is C24H28N4O4. The number of hydrogen-bond donors (Lipinski definition) is 2. The van der Waals surface area contributed by atoms with E-state index < -0.39 is 5.91 Å². The standard InChI is InChI=1S/C24H28N4O4/c29-22(26-30)11-8-18-6-9-21(10-7-18)31-17-23-25-24(27-32-23)20-12-14-28(15-13-20)16-19-4-2-1-3-5-19/h1-7,9-10,20,30H,8,11-17H2,(H,26,29). The van der Waals surface area contributed by atoms with Gasteiger partial charge in [-0.15, -0.1) is 0 Å². The van der Waals surface area contributed by atoms with Crippen LogP contribution in [0.25, 0.3) is 0 Å². The molecule has 0 spiro atoms. The third-order valence-corrected chi connectivity index (χ3v) is 5.74. The molecule has 1 saturated heterocycles. The van der Waals surface area contributed by atoms with Crippen LogP contribution in [0.2, 0.25) is 0 Å². The summed E-state index contributed by atoms with van der Waals surface area (Å²) in [5.41, 5.74) is 3.96. The van der Waals surface area contributed by atoms with Crippen molar-refractivity contribution in [2.75, 3.05) is 13.1 Å². The van der Waals surface area contributed by atoms with Crippen LogP contribution < -0.4 is 10.2 Å². The summed E-state index contributed by atoms with van der Waals surface area (Å²) >= 11 is 0. The minimum Gasteiger partial charge on any atom is -0.484 e. The van der Waals surface area contributed by atoms with Crippen molar-refractivity contribution in [2.24, 2.45) is 0 Å². The molecule has 8 nitrogen and oxygen atoms in total. The SMILES string of the molecule is O=C(CCc1ccc(OCc2nc(C3CCN(Cc4ccccc4)CC3)no2)cc1)NO. The highest BCUT2D eigenvalue weighted by Gasteiger charge is 2.24. The zero-order chi connectivity index (χ0) is 22.2. The average Bonchev–Trinajstić information content (AvgIpc) is 3.32. The van der Waals surface area contributed by atoms with E-state index in [0.717, 1.165) is 43.9 Å². The van der Waals surface area contributed by atoms with E-state index >= 15 is 0 Å². The number of nitrogens with one attached hydrogen (secondary N) is 1. The number of ether oxygens (including phenoxy) is 1. The highest BCUT2D eigenvalue weighted by Crippen LogP contribution is 2.27. The second-order valence-electron chi connectivity index (χ2n) is 8.05. The van der Waals surface area contributed by atoms with Gasteiger partial charge in [-0.05, 0) is 55.6 Å². The van der Waals surface area contributed by atoms with E-state index in [4.69, 9.17) is 14.5 Å². The van der Waals surface area contributed by atoms with Gasteiger partial charge in [0.25, 0.3) is 5.89 Å². The van der Waals surface area contributed by atoms with Crippen LogP contribution in [0.1, 0.15) is 48.0 Å². The maximum Gasteiger partial charge on any atom is 0.264 e. The lowest BCUT2D eigenvalue weighted by Gasteiger charge is -2.30. The number of aromatic nitrogens is 2. The Balaban J connectivity index is 1.22. The maximum atomic E-state index is 11.1. The van der Waals surface area contributed by atoms with Crippen LogP contribution in [0.5, 0.6) is 5.75 Å². The molecule has 0 radical (unpaired) electrons. The van der Waals surface area contributed by atoms with Gasteiger partial charge >= 0.3 is 0 Å². The monoisotopic (exact) mass is 436 g/mol. The van der Waals surface area contributed by atoms with Gasteiger partial charge in [0.2, 0.25) is 5.91 Å². The highest BCUT2D eigenvalue weighted by atomic mass is 16.5. The topological polar surface area (TPSA) is 101 Å². The average molecular weight is 437 g/mol. The second-order valence-corrected chi connectivity index (χ2v) is 8.05. The van der Waals surface area contributed by atoms with Gasteiger partial charge < -0.3 is 9.26 Å². The van der Waals surface area contributed by atoms with Crippen LogP contribution in [0.3, 0.4) is 0 Å². The summed E-state index contributed by atoms with van der Waals surface area (Å²) in [6.07, 6.45) is 2.81. The number of likely N-dealkylation sites (tertiary alicyclic amines) is 1. The van der Waals surface area contributed by atoms with E-state index in [-0.39, 0.29) is 13.0 Å². The third kappa shape index (κ3) is 6.15. The van der Waals surface area contributed by atoms with Gasteiger partial charge in [0.05, 0.1) is 0 Å². The van der Waals surface area contributed by atoms with E-state index in [9.17, 15) is 4.79 Å². The zero-order valence-corrected chi connectivity index (χ0v) is 17.9. The molecule has 2 heterocycles. The molecule has 3 aromatic rings. The first-order chi connectivity index (χ1) is 15.7. The first kappa shape index (κ1) is 22.0. The summed E-state index contributed by atoms with van der Waals surface area (Å²) in [4.78, 5) is 18.1. The number of hydroxylamine groups is 1. The number of amides is 1. The molecule has 0 unspecified atom stereocenters. The van der Waals surface area contributed by atoms with Crippen LogP contribution in [0.4, 0.5) is 0 Å². The van der Waals surface area contributed by atoms with Gasteiger partial charge in [0.15, 0.2) is 12.4 Å². The molecule has 2 N–H and O–H groups in total. The largest absolute Gasteiger partial charge is 0.484 e. The van der Waals surface area contributed by atoms with Crippen molar-refractivity contribution in [1.29, 1.82) is 0 Å². The van der Waals surface area contributed by atoms with Crippen molar-refractivity contribution in [2.45, 2.75) is 44.8 Å². The fourth-order valence-electron chi connectivity index (χ4n) is 3.89. The molecule has 1 aromatic heterocycles. The number of aryl methyl sites for hydroxylation is 1. The van der Waals surface area contributed by atoms with Crippen LogP contribution in [-0.2, 0) is 24.4 Å². The first-order valence-corrected chi connectivity index (χ1v) is 10.9. The normalized spacial score (nSPS) is 14.9. The van der Waals surface area contributed by atoms with Crippen molar-refractivity contribution < 1.29 is 19.3 Å². The Bertz CT molecular complexity index is 983. The van der Waals surface area contributed by atoms with Crippen LogP contribution in [0, 0.1) is 0 Å². The molecule has 0 saturated carbocycles. The lowest BCUT2D eigenvalue weighted by atomic mass is 9.96. The Labute approximate surface area is 187 Å². The van der Waals surface area contributed by atoms with Crippen molar-refractivity contribution in [3.63, 3.8) is 0 Å². The number of carbonyl (C=O) groups is 1. The van der Waals surface area contributed by atoms with E-state index in [1.165, 1.54) is 5.56 Å². The Morgan fingerprint density at radius 3 is 2.56 bits per heavy atom. The Morgan fingerprint density at radius 1 is 1.09 bits per heavy atom. The molecule has 1 aliphatic rings. The minimum absolute atomic E-state index is 0.214. The lowest BCUT2D eigenvalue weighted by molar-refractivity contribution is -0.129. The van der Waals surface area contributed by atoms with Gasteiger partial charge in [-0.2, -0.15) is 4.98 Å². The Kier molecular flexibility index (Phi) is 7.47. The second kappa shape index (κ2) is 10.9. The number of hydrogen-bond acceptors (Lipinski definition) is 7. The van der Waals surface area contributed by atoms with E-state index in [2.05, 4.69) is 39.3 Å². The summed E-state index contributed by atoms with van der Waals surface area (Å²) in [6, 6.07) is 18.0. The molecule has 2 aromatic carbocycles. The summed E-state index contributed by atoms with van der Waals surface area (Å²) in [6.45, 7) is 3.23. The molecular weight excluding hydrogens is 408 g/mol. The zero-order valence-electron chi connectivity index (χ0n) is 17.9. The minimum atomic E-state index is -0.403. The summed E-state index contributed by atoms with van der Waals surface area (Å²) in [7, 11) is 0. The number of carbonyl (C=O) groups excluding carboxylic acids is 1. The molecule has 0 aliphatic carbocycles. The lowest BCUT2D eigenvalue weighted by Crippen LogP contribution is -2.32. The summed E-state index contributed by atoms with van der Waals surface area (Å²) in [5, 5.41) is 12.7. The molecule has 0 bridgehead atoms. The van der Waals surface area contributed by atoms with Gasteiger partial charge in [0, 0.05) is 18.9 Å². The van der Waals surface area contributed by atoms with Gasteiger partial charge in [-0.3, -0.25) is 14.9 Å². The molecule has 168 valence electrons. The molecule has 1 aliphatic heterocycles. The van der Waals surface area contributed by atoms with Crippen molar-refractivity contribution in [1.82, 2.24) is 20.5 Å². The van der Waals surface area contributed by atoms with Crippen molar-refractivity contribution in [3.8, 4) is 5.75 Å². The maximum absolute atomic E-state index is 11.1. The molecule has 0 atom stereocenters. The van der Waals surface area contributed by atoms with E-state index in [1.807, 2.05) is 30.3 Å². The fourth-order valence-corrected chi connectivity index (χ4v) is 3.89. The van der Waals surface area contributed by atoms with E-state index in [0.29, 0.717) is 24.0 Å². The first-order valence-electron chi connectivity index (χ1n) is 10.9. The predicted octanol–water partition coefficient (Wildman–Crippen LogP) is 3.47. The molecule has 1 amide bonds. The number of benzene rings is 2. The summed E-state index contributed by atoms with van der Waals surface area (Å²) in [5.74, 6) is 1.83. The quantitative estimate of drug-likeness (QED) is 0.391. The fraction of sp³-hybridized carbons (Fsp3) is 0.375. The van der Waals surface area contributed by atoms with Gasteiger partial charge in [0.1, 0.15) is 5.75 Å². The molecule has 32 heavy (non-hydrogen) atoms. The number of piperidine rings is 1. The summed E-state index contributed by atoms with van der Waals surface area (Å²) < 4.78 is 11.1. The number of rotatable bonds is 9. The molecule has 1 fully saturated rings. The molecule has 8 heteroatoms. The van der Waals surface area contributed by atoms with E-state index in [1.54, 1.807) is 5.48 Å². The van der Waals surface area contributed by atoms with Crippen LogP contribution >= 0.6 is 0 Å². The van der Waals surface area contributed by atoms with Gasteiger partial charge in [-0.1, -0.05) is 47.6 Å². The third-order valence-electron chi connectivity index (χ3n) is 5.74. The smallest absolute Gasteiger partial charge is 0.264 e. The number of nitrogens with zero attached hydrogens (tertiary/aromatic N) is 3. The van der Waals surface area contributed by atoms with Crippen LogP contribution in [0.15, 0.2) is 59.1 Å². The Hall–Kier alpha value is -3.23. The predicted molar refractivity (Wildman–Crippen MR) is 117 cm³/mol. The highest BCUT2D eigenvalue weighted by molar-refractivity contribution is 5.74. The molecule has 4 rings (SSSR count). The van der Waals surface area contributed by atoms with Crippen LogP contribution in [-0.4, -0.2) is 39.2 Å².